The maximum atomic E-state index is 11.6. The fourth-order valence-corrected chi connectivity index (χ4v) is 1.63. The first kappa shape index (κ1) is 13.3. The van der Waals surface area contributed by atoms with E-state index in [4.69, 9.17) is 4.74 Å². The van der Waals surface area contributed by atoms with Crippen molar-refractivity contribution in [1.82, 2.24) is 0 Å². The third-order valence-corrected chi connectivity index (χ3v) is 2.78. The Morgan fingerprint density at radius 3 is 2.81 bits per heavy atom. The summed E-state index contributed by atoms with van der Waals surface area (Å²) in [4.78, 5) is 11.6. The predicted octanol–water partition coefficient (Wildman–Crippen LogP) is 3.20. The van der Waals surface area contributed by atoms with Crippen molar-refractivity contribution in [2.75, 3.05) is 6.61 Å². The van der Waals surface area contributed by atoms with Crippen molar-refractivity contribution >= 4 is 28.6 Å². The van der Waals surface area contributed by atoms with Crippen LogP contribution in [-0.4, -0.2) is 17.7 Å². The van der Waals surface area contributed by atoms with E-state index in [0.29, 0.717) is 12.5 Å². The van der Waals surface area contributed by atoms with E-state index < -0.39 is 5.97 Å². The van der Waals surface area contributed by atoms with Crippen LogP contribution in [0.3, 0.4) is 0 Å². The van der Waals surface area contributed by atoms with E-state index >= 15 is 0 Å². The SMILES string of the molecule is CC(C)CCOC(=O)c1cc(I)ccc1O. The number of rotatable bonds is 4. The lowest BCUT2D eigenvalue weighted by atomic mass is 10.1. The van der Waals surface area contributed by atoms with Gasteiger partial charge in [0.1, 0.15) is 11.3 Å². The zero-order chi connectivity index (χ0) is 12.1. The Kier molecular flexibility index (Phi) is 5.05. The normalized spacial score (nSPS) is 10.5. The van der Waals surface area contributed by atoms with Crippen LogP contribution in [-0.2, 0) is 4.74 Å². The Labute approximate surface area is 109 Å². The fraction of sp³-hybridized carbons (Fsp3) is 0.417. The topological polar surface area (TPSA) is 46.5 Å². The van der Waals surface area contributed by atoms with Gasteiger partial charge in [-0.05, 0) is 53.1 Å². The lowest BCUT2D eigenvalue weighted by Gasteiger charge is -2.08. The van der Waals surface area contributed by atoms with E-state index in [2.05, 4.69) is 36.4 Å². The molecule has 0 amide bonds. The number of carbonyl (C=O) groups excluding carboxylic acids is 1. The number of aromatic hydroxyl groups is 1. The Morgan fingerprint density at radius 2 is 2.19 bits per heavy atom. The highest BCUT2D eigenvalue weighted by Crippen LogP contribution is 2.20. The summed E-state index contributed by atoms with van der Waals surface area (Å²) < 4.78 is 5.97. The highest BCUT2D eigenvalue weighted by Gasteiger charge is 2.12. The van der Waals surface area contributed by atoms with Crippen molar-refractivity contribution in [2.45, 2.75) is 20.3 Å². The van der Waals surface area contributed by atoms with E-state index in [0.717, 1.165) is 9.99 Å². The minimum absolute atomic E-state index is 0.0324. The third-order valence-electron chi connectivity index (χ3n) is 2.11. The van der Waals surface area contributed by atoms with E-state index in [1.807, 2.05) is 0 Å². The van der Waals surface area contributed by atoms with Gasteiger partial charge in [-0.3, -0.25) is 0 Å². The van der Waals surface area contributed by atoms with Gasteiger partial charge >= 0.3 is 5.97 Å². The number of esters is 1. The number of phenols is 1. The molecule has 0 aromatic heterocycles. The number of halogens is 1. The molecule has 0 aliphatic carbocycles. The summed E-state index contributed by atoms with van der Waals surface area (Å²) in [6.45, 7) is 4.52. The zero-order valence-electron chi connectivity index (χ0n) is 9.37. The zero-order valence-corrected chi connectivity index (χ0v) is 11.5. The van der Waals surface area contributed by atoms with Crippen LogP contribution < -0.4 is 0 Å². The van der Waals surface area contributed by atoms with Gasteiger partial charge in [0, 0.05) is 3.57 Å². The molecule has 0 heterocycles. The van der Waals surface area contributed by atoms with Crippen molar-refractivity contribution < 1.29 is 14.6 Å². The van der Waals surface area contributed by atoms with Crippen LogP contribution in [0.1, 0.15) is 30.6 Å². The highest BCUT2D eigenvalue weighted by atomic mass is 127. The Hall–Kier alpha value is -0.780. The first-order valence-electron chi connectivity index (χ1n) is 5.16. The summed E-state index contributed by atoms with van der Waals surface area (Å²) in [6.07, 6.45) is 0.830. The molecule has 0 spiro atoms. The second kappa shape index (κ2) is 6.08. The van der Waals surface area contributed by atoms with E-state index in [1.54, 1.807) is 12.1 Å². The molecule has 3 nitrogen and oxygen atoms in total. The molecule has 0 radical (unpaired) electrons. The molecular weight excluding hydrogens is 319 g/mol. The average molecular weight is 334 g/mol. The second-order valence-electron chi connectivity index (χ2n) is 3.98. The standard InChI is InChI=1S/C12H15IO3/c1-8(2)5-6-16-12(15)10-7-9(13)3-4-11(10)14/h3-4,7-8,14H,5-6H2,1-2H3. The number of carbonyl (C=O) groups is 1. The molecule has 0 aliphatic rings. The third kappa shape index (κ3) is 4.00. The maximum Gasteiger partial charge on any atom is 0.341 e. The molecule has 88 valence electrons. The number of benzene rings is 1. The molecule has 1 N–H and O–H groups in total. The summed E-state index contributed by atoms with van der Waals surface area (Å²) in [5.41, 5.74) is 0.232. The molecule has 0 fully saturated rings. The molecule has 1 aromatic rings. The fourth-order valence-electron chi connectivity index (χ4n) is 1.14. The molecule has 0 unspecified atom stereocenters. The number of phenolic OH excluding ortho intramolecular Hbond substituents is 1. The van der Waals surface area contributed by atoms with Crippen LogP contribution in [0, 0.1) is 9.49 Å². The van der Waals surface area contributed by atoms with Crippen molar-refractivity contribution in [1.29, 1.82) is 0 Å². The monoisotopic (exact) mass is 334 g/mol. The van der Waals surface area contributed by atoms with Crippen LogP contribution in [0.2, 0.25) is 0 Å². The van der Waals surface area contributed by atoms with Crippen LogP contribution in [0.4, 0.5) is 0 Å². The molecule has 1 aromatic carbocycles. The average Bonchev–Trinajstić information content (AvgIpc) is 2.21. The maximum absolute atomic E-state index is 11.6. The lowest BCUT2D eigenvalue weighted by Crippen LogP contribution is -2.08. The quantitative estimate of drug-likeness (QED) is 0.679. The van der Waals surface area contributed by atoms with Gasteiger partial charge in [0.15, 0.2) is 0 Å². The van der Waals surface area contributed by atoms with E-state index in [1.165, 1.54) is 6.07 Å². The van der Waals surface area contributed by atoms with Crippen LogP contribution in [0.15, 0.2) is 18.2 Å². The van der Waals surface area contributed by atoms with Gasteiger partial charge in [-0.1, -0.05) is 13.8 Å². The van der Waals surface area contributed by atoms with Gasteiger partial charge < -0.3 is 9.84 Å². The molecule has 0 bridgehead atoms. The molecule has 0 saturated heterocycles. The van der Waals surface area contributed by atoms with Crippen LogP contribution in [0.25, 0.3) is 0 Å². The van der Waals surface area contributed by atoms with Crippen molar-refractivity contribution in [3.8, 4) is 5.75 Å². The highest BCUT2D eigenvalue weighted by molar-refractivity contribution is 14.1. The summed E-state index contributed by atoms with van der Waals surface area (Å²) in [5, 5.41) is 9.51. The van der Waals surface area contributed by atoms with Crippen LogP contribution in [0.5, 0.6) is 5.75 Å². The first-order chi connectivity index (χ1) is 7.50. The van der Waals surface area contributed by atoms with Crippen molar-refractivity contribution in [3.63, 3.8) is 0 Å². The van der Waals surface area contributed by atoms with Gasteiger partial charge in [-0.2, -0.15) is 0 Å². The largest absolute Gasteiger partial charge is 0.507 e. The molecule has 0 saturated carbocycles. The summed E-state index contributed by atoms with van der Waals surface area (Å²) in [6, 6.07) is 4.86. The van der Waals surface area contributed by atoms with Gasteiger partial charge in [0.05, 0.1) is 6.61 Å². The second-order valence-corrected chi connectivity index (χ2v) is 5.23. The Balaban J connectivity index is 2.62. The van der Waals surface area contributed by atoms with E-state index in [-0.39, 0.29) is 11.3 Å². The minimum atomic E-state index is -0.461. The summed E-state index contributed by atoms with van der Waals surface area (Å²) >= 11 is 2.08. The molecule has 1 rings (SSSR count). The van der Waals surface area contributed by atoms with Gasteiger partial charge in [0.25, 0.3) is 0 Å². The van der Waals surface area contributed by atoms with Gasteiger partial charge in [-0.25, -0.2) is 4.79 Å². The molecule has 16 heavy (non-hydrogen) atoms. The predicted molar refractivity (Wildman–Crippen MR) is 70.6 cm³/mol. The Morgan fingerprint density at radius 1 is 1.50 bits per heavy atom. The summed E-state index contributed by atoms with van der Waals surface area (Å²) in [7, 11) is 0. The molecular formula is C12H15IO3. The number of ether oxygens (including phenoxy) is 1. The number of hydrogen-bond acceptors (Lipinski definition) is 3. The molecule has 0 atom stereocenters. The minimum Gasteiger partial charge on any atom is -0.507 e. The van der Waals surface area contributed by atoms with E-state index in [9.17, 15) is 9.90 Å². The van der Waals surface area contributed by atoms with Crippen LogP contribution >= 0.6 is 22.6 Å². The van der Waals surface area contributed by atoms with Gasteiger partial charge in [-0.15, -0.1) is 0 Å². The first-order valence-corrected chi connectivity index (χ1v) is 6.24. The summed E-state index contributed by atoms with van der Waals surface area (Å²) in [5.74, 6) is 0.00364. The molecule has 0 aliphatic heterocycles. The Bertz CT molecular complexity index is 375. The lowest BCUT2D eigenvalue weighted by molar-refractivity contribution is 0.0485. The van der Waals surface area contributed by atoms with Crippen molar-refractivity contribution in [3.05, 3.63) is 27.3 Å². The van der Waals surface area contributed by atoms with Crippen molar-refractivity contribution in [2.24, 2.45) is 5.92 Å². The molecule has 4 heteroatoms. The number of hydrogen-bond donors (Lipinski definition) is 1. The van der Waals surface area contributed by atoms with Gasteiger partial charge in [0.2, 0.25) is 0 Å². The smallest absolute Gasteiger partial charge is 0.341 e.